The fourth-order valence-electron chi connectivity index (χ4n) is 2.69. The van der Waals surface area contributed by atoms with Gasteiger partial charge in [-0.3, -0.25) is 4.79 Å². The highest BCUT2D eigenvalue weighted by molar-refractivity contribution is 7.99. The van der Waals surface area contributed by atoms with Crippen LogP contribution in [-0.4, -0.2) is 28.3 Å². The van der Waals surface area contributed by atoms with Gasteiger partial charge in [-0.15, -0.1) is 11.8 Å². The van der Waals surface area contributed by atoms with E-state index in [1.165, 1.54) is 4.90 Å². The minimum absolute atomic E-state index is 0.109. The summed E-state index contributed by atoms with van der Waals surface area (Å²) in [6.07, 6.45) is 0.336. The van der Waals surface area contributed by atoms with Gasteiger partial charge in [0.2, 0.25) is 0 Å². The average Bonchev–Trinajstić information content (AvgIpc) is 2.82. The minimum atomic E-state index is -0.574. The molecule has 0 aliphatic heterocycles. The molecule has 0 saturated carbocycles. The summed E-state index contributed by atoms with van der Waals surface area (Å²) in [5.74, 6) is 0.855. The highest BCUT2D eigenvalue weighted by Crippen LogP contribution is 2.24. The number of aliphatic hydroxyl groups is 1. The molecule has 1 heterocycles. The van der Waals surface area contributed by atoms with Crippen LogP contribution in [0.1, 0.15) is 46.8 Å². The molecule has 5 heteroatoms. The van der Waals surface area contributed by atoms with Crippen LogP contribution in [0.2, 0.25) is 0 Å². The van der Waals surface area contributed by atoms with E-state index in [4.69, 9.17) is 0 Å². The third-order valence-electron chi connectivity index (χ3n) is 3.76. The summed E-state index contributed by atoms with van der Waals surface area (Å²) in [6, 6.07) is 10.2. The molecule has 0 radical (unpaired) electrons. The number of aryl methyl sites for hydroxylation is 1. The molecule has 124 valence electrons. The Morgan fingerprint density at radius 2 is 2.00 bits per heavy atom. The molecule has 0 aliphatic carbocycles. The van der Waals surface area contributed by atoms with Gasteiger partial charge in [0, 0.05) is 22.7 Å². The van der Waals surface area contributed by atoms with Crippen LogP contribution in [0.3, 0.4) is 0 Å². The van der Waals surface area contributed by atoms with Crippen LogP contribution >= 0.6 is 11.8 Å². The van der Waals surface area contributed by atoms with Crippen LogP contribution in [0.5, 0.6) is 0 Å². The summed E-state index contributed by atoms with van der Waals surface area (Å²) >= 11 is 1.79. The highest BCUT2D eigenvalue weighted by Gasteiger charge is 2.19. The standard InChI is InChI=1S/C18H24N2O2S/c1-12-16(14(3)21)13(2)20-17(12)18(22)19-10-7-11-23-15-8-5-4-6-9-15/h4-6,8-9,14,20-21H,7,10-11H2,1-3H3,(H,19,22)/t14-/m1/s1. The monoisotopic (exact) mass is 332 g/mol. The molecule has 4 nitrogen and oxygen atoms in total. The summed E-state index contributed by atoms with van der Waals surface area (Å²) < 4.78 is 0. The number of hydrogen-bond donors (Lipinski definition) is 3. The second-order valence-electron chi connectivity index (χ2n) is 5.61. The summed E-state index contributed by atoms with van der Waals surface area (Å²) in [5.41, 5.74) is 3.04. The molecule has 1 atom stereocenters. The van der Waals surface area contributed by atoms with E-state index in [-0.39, 0.29) is 5.91 Å². The van der Waals surface area contributed by atoms with Gasteiger partial charge < -0.3 is 15.4 Å². The number of H-pyrrole nitrogens is 1. The normalized spacial score (nSPS) is 12.2. The summed E-state index contributed by atoms with van der Waals surface area (Å²) in [7, 11) is 0. The van der Waals surface area contributed by atoms with Crippen molar-refractivity contribution in [3.8, 4) is 0 Å². The molecule has 1 aromatic heterocycles. The SMILES string of the molecule is Cc1[nH]c(C(=O)NCCCSc2ccccc2)c(C)c1[C@@H](C)O. The number of carbonyl (C=O) groups excluding carboxylic acids is 1. The van der Waals surface area contributed by atoms with Gasteiger partial charge in [0.1, 0.15) is 5.69 Å². The summed E-state index contributed by atoms with van der Waals surface area (Å²) in [5, 5.41) is 12.7. The van der Waals surface area contributed by atoms with Crippen LogP contribution in [0, 0.1) is 13.8 Å². The molecule has 0 aliphatic rings. The van der Waals surface area contributed by atoms with E-state index >= 15 is 0 Å². The first kappa shape index (κ1) is 17.6. The Morgan fingerprint density at radius 1 is 1.30 bits per heavy atom. The lowest BCUT2D eigenvalue weighted by atomic mass is 10.1. The fourth-order valence-corrected chi connectivity index (χ4v) is 3.56. The molecule has 2 aromatic rings. The largest absolute Gasteiger partial charge is 0.389 e. The number of benzene rings is 1. The van der Waals surface area contributed by atoms with Crippen molar-refractivity contribution >= 4 is 17.7 Å². The number of aromatic amines is 1. The predicted octanol–water partition coefficient (Wildman–Crippen LogP) is 3.60. The maximum absolute atomic E-state index is 12.3. The van der Waals surface area contributed by atoms with Gasteiger partial charge in [-0.05, 0) is 50.6 Å². The van der Waals surface area contributed by atoms with Crippen molar-refractivity contribution in [2.24, 2.45) is 0 Å². The molecule has 0 spiro atoms. The first-order valence-electron chi connectivity index (χ1n) is 7.84. The molecular weight excluding hydrogens is 308 g/mol. The molecule has 23 heavy (non-hydrogen) atoms. The van der Waals surface area contributed by atoms with Crippen molar-refractivity contribution in [3.05, 3.63) is 52.8 Å². The zero-order valence-corrected chi connectivity index (χ0v) is 14.7. The Balaban J connectivity index is 1.80. The Bertz CT molecular complexity index is 651. The number of nitrogens with one attached hydrogen (secondary N) is 2. The Morgan fingerprint density at radius 3 is 2.61 bits per heavy atom. The maximum Gasteiger partial charge on any atom is 0.267 e. The average molecular weight is 332 g/mol. The third-order valence-corrected chi connectivity index (χ3v) is 4.86. The molecule has 0 fully saturated rings. The zero-order valence-electron chi connectivity index (χ0n) is 13.8. The number of aromatic nitrogens is 1. The van der Waals surface area contributed by atoms with Gasteiger partial charge in [-0.1, -0.05) is 18.2 Å². The van der Waals surface area contributed by atoms with Crippen LogP contribution in [0.25, 0.3) is 0 Å². The van der Waals surface area contributed by atoms with E-state index in [2.05, 4.69) is 22.4 Å². The number of hydrogen-bond acceptors (Lipinski definition) is 3. The molecule has 0 saturated heterocycles. The smallest absolute Gasteiger partial charge is 0.267 e. The molecule has 3 N–H and O–H groups in total. The number of amides is 1. The summed E-state index contributed by atoms with van der Waals surface area (Å²) in [4.78, 5) is 16.6. The van der Waals surface area contributed by atoms with Crippen molar-refractivity contribution in [1.29, 1.82) is 0 Å². The van der Waals surface area contributed by atoms with E-state index in [0.717, 1.165) is 29.0 Å². The van der Waals surface area contributed by atoms with Crippen LogP contribution in [-0.2, 0) is 0 Å². The highest BCUT2D eigenvalue weighted by atomic mass is 32.2. The van der Waals surface area contributed by atoms with Gasteiger partial charge in [-0.25, -0.2) is 0 Å². The zero-order chi connectivity index (χ0) is 16.8. The molecular formula is C18H24N2O2S. The van der Waals surface area contributed by atoms with E-state index in [1.54, 1.807) is 18.7 Å². The van der Waals surface area contributed by atoms with Crippen LogP contribution in [0.15, 0.2) is 35.2 Å². The molecule has 2 rings (SSSR count). The van der Waals surface area contributed by atoms with E-state index in [0.29, 0.717) is 12.2 Å². The van der Waals surface area contributed by atoms with Crippen LogP contribution < -0.4 is 5.32 Å². The van der Waals surface area contributed by atoms with E-state index in [1.807, 2.05) is 32.0 Å². The van der Waals surface area contributed by atoms with Crippen LogP contribution in [0.4, 0.5) is 0 Å². The lowest BCUT2D eigenvalue weighted by Crippen LogP contribution is -2.25. The van der Waals surface area contributed by atoms with Crippen molar-refractivity contribution in [2.45, 2.75) is 38.2 Å². The number of carbonyl (C=O) groups is 1. The lowest BCUT2D eigenvalue weighted by Gasteiger charge is -2.07. The predicted molar refractivity (Wildman–Crippen MR) is 95.0 cm³/mol. The van der Waals surface area contributed by atoms with Gasteiger partial charge in [0.05, 0.1) is 6.10 Å². The lowest BCUT2D eigenvalue weighted by molar-refractivity contribution is 0.0948. The fraction of sp³-hybridized carbons (Fsp3) is 0.389. The van der Waals surface area contributed by atoms with Gasteiger partial charge in [0.25, 0.3) is 5.91 Å². The number of rotatable bonds is 7. The number of aliphatic hydroxyl groups excluding tert-OH is 1. The van der Waals surface area contributed by atoms with E-state index in [9.17, 15) is 9.90 Å². The third kappa shape index (κ3) is 4.62. The Labute approximate surface area is 141 Å². The number of thioether (sulfide) groups is 1. The summed E-state index contributed by atoms with van der Waals surface area (Å²) in [6.45, 7) is 6.10. The topological polar surface area (TPSA) is 65.1 Å². The van der Waals surface area contributed by atoms with Crippen molar-refractivity contribution < 1.29 is 9.90 Å². The maximum atomic E-state index is 12.3. The second-order valence-corrected chi connectivity index (χ2v) is 6.78. The first-order valence-corrected chi connectivity index (χ1v) is 8.82. The Hall–Kier alpha value is -1.72. The second kappa shape index (κ2) is 8.22. The minimum Gasteiger partial charge on any atom is -0.389 e. The van der Waals surface area contributed by atoms with Crippen molar-refractivity contribution in [3.63, 3.8) is 0 Å². The van der Waals surface area contributed by atoms with E-state index < -0.39 is 6.10 Å². The molecule has 1 aromatic carbocycles. The van der Waals surface area contributed by atoms with Gasteiger partial charge in [0.15, 0.2) is 0 Å². The van der Waals surface area contributed by atoms with Crippen molar-refractivity contribution in [2.75, 3.05) is 12.3 Å². The van der Waals surface area contributed by atoms with Gasteiger partial charge in [-0.2, -0.15) is 0 Å². The van der Waals surface area contributed by atoms with Gasteiger partial charge >= 0.3 is 0 Å². The molecule has 1 amide bonds. The first-order chi connectivity index (χ1) is 11.0. The Kier molecular flexibility index (Phi) is 6.30. The van der Waals surface area contributed by atoms with Crippen molar-refractivity contribution in [1.82, 2.24) is 10.3 Å². The molecule has 0 bridgehead atoms. The molecule has 0 unspecified atom stereocenters. The quantitative estimate of drug-likeness (QED) is 0.536.